The Morgan fingerprint density at radius 1 is 0.886 bits per heavy atom. The summed E-state index contributed by atoms with van der Waals surface area (Å²) in [6.45, 7) is 0.279. The Balaban J connectivity index is 1.48. The van der Waals surface area contributed by atoms with E-state index in [1.165, 1.54) is 0 Å². The van der Waals surface area contributed by atoms with Crippen molar-refractivity contribution in [2.24, 2.45) is 4.99 Å². The Morgan fingerprint density at radius 2 is 1.63 bits per heavy atom. The first-order valence-corrected chi connectivity index (χ1v) is 12.2. The summed E-state index contributed by atoms with van der Waals surface area (Å²) >= 11 is 0. The molecule has 0 saturated heterocycles. The molecule has 0 aliphatic rings. The molecule has 3 N–H and O–H groups in total. The van der Waals surface area contributed by atoms with E-state index in [1.807, 2.05) is 42.6 Å². The number of rotatable bonds is 7. The van der Waals surface area contributed by atoms with Crippen LogP contribution in [-0.2, 0) is 16.6 Å². The lowest BCUT2D eigenvalue weighted by molar-refractivity contribution is 0.601. The molecule has 0 atom stereocenters. The van der Waals surface area contributed by atoms with Gasteiger partial charge in [-0.25, -0.2) is 13.4 Å². The summed E-state index contributed by atoms with van der Waals surface area (Å²) in [5.74, 6) is 0.280. The van der Waals surface area contributed by atoms with Crippen LogP contribution in [-0.4, -0.2) is 19.4 Å². The van der Waals surface area contributed by atoms with Crippen molar-refractivity contribution < 1.29 is 8.42 Å². The molecule has 4 rings (SSSR count). The first-order chi connectivity index (χ1) is 17.0. The van der Waals surface area contributed by atoms with Crippen molar-refractivity contribution in [1.29, 1.82) is 5.26 Å². The number of nitriles is 1. The summed E-state index contributed by atoms with van der Waals surface area (Å²) in [7, 11) is -3.81. The first-order valence-electron chi connectivity index (χ1n) is 10.7. The van der Waals surface area contributed by atoms with Gasteiger partial charge in [0.15, 0.2) is 6.19 Å². The second kappa shape index (κ2) is 11.0. The molecule has 0 spiro atoms. The lowest BCUT2D eigenvalue weighted by atomic mass is 10.1. The molecule has 4 aromatic rings. The Kier molecular flexibility index (Phi) is 7.35. The third-order valence-electron chi connectivity index (χ3n) is 4.99. The molecule has 35 heavy (non-hydrogen) atoms. The molecule has 0 aliphatic heterocycles. The molecule has 3 aromatic carbocycles. The van der Waals surface area contributed by atoms with E-state index in [4.69, 9.17) is 5.26 Å². The smallest absolute Gasteiger partial charge is 0.262 e. The minimum atomic E-state index is -3.81. The van der Waals surface area contributed by atoms with E-state index in [0.717, 1.165) is 11.1 Å². The SMILES string of the molecule is N#CN/C(=N\Cc1ccc(NS(=O)(=O)c2ccccc2-c2ccccc2)cc1)Nc1cccnc1. The molecular weight excluding hydrogens is 460 g/mol. The summed E-state index contributed by atoms with van der Waals surface area (Å²) in [4.78, 5) is 8.60. The van der Waals surface area contributed by atoms with E-state index >= 15 is 0 Å². The average molecular weight is 483 g/mol. The molecule has 1 aromatic heterocycles. The van der Waals surface area contributed by atoms with Gasteiger partial charge in [-0.2, -0.15) is 5.26 Å². The predicted octanol–water partition coefficient (Wildman–Crippen LogP) is 4.59. The number of nitrogens with one attached hydrogen (secondary N) is 3. The predicted molar refractivity (Wildman–Crippen MR) is 137 cm³/mol. The fourth-order valence-electron chi connectivity index (χ4n) is 3.35. The van der Waals surface area contributed by atoms with Crippen LogP contribution in [0.1, 0.15) is 5.56 Å². The molecule has 0 amide bonds. The highest BCUT2D eigenvalue weighted by Gasteiger charge is 2.19. The monoisotopic (exact) mass is 482 g/mol. The zero-order valence-electron chi connectivity index (χ0n) is 18.6. The molecular formula is C26H22N6O2S. The number of guanidine groups is 1. The standard InChI is InChI=1S/C26H22N6O2S/c27-19-30-26(31-23-9-6-16-28-18-23)29-17-20-12-14-22(15-13-20)32-35(33,34)25-11-5-4-10-24(25)21-7-2-1-3-8-21/h1-16,18,32H,17H2,(H2,29,30,31). The molecule has 0 unspecified atom stereocenters. The highest BCUT2D eigenvalue weighted by atomic mass is 32.2. The van der Waals surface area contributed by atoms with Crippen LogP contribution in [0.15, 0.2) is 113 Å². The molecule has 0 radical (unpaired) electrons. The van der Waals surface area contributed by atoms with Crippen LogP contribution < -0.4 is 15.4 Å². The topological polar surface area (TPSA) is 119 Å². The van der Waals surface area contributed by atoms with E-state index in [0.29, 0.717) is 16.9 Å². The Hall–Kier alpha value is -4.68. The molecule has 0 saturated carbocycles. The van der Waals surface area contributed by atoms with E-state index in [-0.39, 0.29) is 17.4 Å². The Labute approximate surface area is 204 Å². The summed E-state index contributed by atoms with van der Waals surface area (Å²) < 4.78 is 29.0. The van der Waals surface area contributed by atoms with Crippen molar-refractivity contribution >= 4 is 27.4 Å². The molecule has 8 nitrogen and oxygen atoms in total. The van der Waals surface area contributed by atoms with Gasteiger partial charge in [0.1, 0.15) is 0 Å². The molecule has 0 fully saturated rings. The third kappa shape index (κ3) is 6.22. The van der Waals surface area contributed by atoms with Crippen LogP contribution in [0.2, 0.25) is 0 Å². The lowest BCUT2D eigenvalue weighted by Gasteiger charge is -2.13. The summed E-state index contributed by atoms with van der Waals surface area (Å²) in [5.41, 5.74) is 3.41. The summed E-state index contributed by atoms with van der Waals surface area (Å²) in [6, 6.07) is 26.8. The third-order valence-corrected chi connectivity index (χ3v) is 6.43. The minimum Gasteiger partial charge on any atom is -0.324 e. The maximum atomic E-state index is 13.2. The number of anilines is 2. The number of aliphatic imine (C=N–C) groups is 1. The number of sulfonamides is 1. The van der Waals surface area contributed by atoms with Gasteiger partial charge in [-0.3, -0.25) is 15.0 Å². The number of aromatic nitrogens is 1. The molecule has 1 heterocycles. The van der Waals surface area contributed by atoms with Gasteiger partial charge in [-0.1, -0.05) is 60.7 Å². The normalized spacial score (nSPS) is 11.3. The highest BCUT2D eigenvalue weighted by molar-refractivity contribution is 7.92. The van der Waals surface area contributed by atoms with Crippen molar-refractivity contribution in [2.45, 2.75) is 11.4 Å². The van der Waals surface area contributed by atoms with Gasteiger partial charge in [0, 0.05) is 17.4 Å². The van der Waals surface area contributed by atoms with Crippen molar-refractivity contribution in [3.63, 3.8) is 0 Å². The molecule has 9 heteroatoms. The number of nitrogens with zero attached hydrogens (tertiary/aromatic N) is 3. The van der Waals surface area contributed by atoms with Gasteiger partial charge in [0.2, 0.25) is 5.96 Å². The van der Waals surface area contributed by atoms with Gasteiger partial charge < -0.3 is 5.32 Å². The van der Waals surface area contributed by atoms with E-state index in [1.54, 1.807) is 67.0 Å². The van der Waals surface area contributed by atoms with Crippen LogP contribution in [0.3, 0.4) is 0 Å². The maximum Gasteiger partial charge on any atom is 0.262 e. The Bertz CT molecular complexity index is 1450. The van der Waals surface area contributed by atoms with E-state index in [9.17, 15) is 8.42 Å². The van der Waals surface area contributed by atoms with Crippen LogP contribution in [0, 0.1) is 11.5 Å². The largest absolute Gasteiger partial charge is 0.324 e. The van der Waals surface area contributed by atoms with Crippen LogP contribution in [0.25, 0.3) is 11.1 Å². The van der Waals surface area contributed by atoms with Crippen molar-refractivity contribution in [2.75, 3.05) is 10.0 Å². The average Bonchev–Trinajstić information content (AvgIpc) is 2.89. The van der Waals surface area contributed by atoms with Crippen LogP contribution in [0.5, 0.6) is 0 Å². The number of hydrogen-bond acceptors (Lipinski definition) is 5. The Morgan fingerprint density at radius 3 is 2.34 bits per heavy atom. The second-order valence-electron chi connectivity index (χ2n) is 7.43. The minimum absolute atomic E-state index is 0.202. The fraction of sp³-hybridized carbons (Fsp3) is 0.0385. The van der Waals surface area contributed by atoms with Crippen LogP contribution >= 0.6 is 0 Å². The highest BCUT2D eigenvalue weighted by Crippen LogP contribution is 2.28. The number of benzene rings is 3. The lowest BCUT2D eigenvalue weighted by Crippen LogP contribution is -2.26. The van der Waals surface area contributed by atoms with Crippen molar-refractivity contribution in [1.82, 2.24) is 10.3 Å². The van der Waals surface area contributed by atoms with Crippen molar-refractivity contribution in [3.05, 3.63) is 109 Å². The fourth-order valence-corrected chi connectivity index (χ4v) is 4.64. The van der Waals surface area contributed by atoms with E-state index in [2.05, 4.69) is 25.3 Å². The maximum absolute atomic E-state index is 13.2. The van der Waals surface area contributed by atoms with Crippen LogP contribution in [0.4, 0.5) is 11.4 Å². The van der Waals surface area contributed by atoms with Gasteiger partial charge in [-0.15, -0.1) is 0 Å². The van der Waals surface area contributed by atoms with Gasteiger partial charge in [-0.05, 0) is 41.5 Å². The first kappa shape index (κ1) is 23.5. The van der Waals surface area contributed by atoms with E-state index < -0.39 is 10.0 Å². The molecule has 0 bridgehead atoms. The van der Waals surface area contributed by atoms with Gasteiger partial charge >= 0.3 is 0 Å². The number of pyridine rings is 1. The summed E-state index contributed by atoms with van der Waals surface area (Å²) in [6.07, 6.45) is 5.12. The zero-order valence-corrected chi connectivity index (χ0v) is 19.4. The quantitative estimate of drug-likeness (QED) is 0.153. The molecule has 0 aliphatic carbocycles. The summed E-state index contributed by atoms with van der Waals surface area (Å²) in [5, 5.41) is 14.5. The zero-order chi connectivity index (χ0) is 24.5. The number of hydrogen-bond donors (Lipinski definition) is 3. The molecule has 174 valence electrons. The van der Waals surface area contributed by atoms with Gasteiger partial charge in [0.05, 0.1) is 23.3 Å². The second-order valence-corrected chi connectivity index (χ2v) is 9.08. The van der Waals surface area contributed by atoms with Crippen molar-refractivity contribution in [3.8, 4) is 17.3 Å². The van der Waals surface area contributed by atoms with Gasteiger partial charge in [0.25, 0.3) is 10.0 Å².